The first-order valence-corrected chi connectivity index (χ1v) is 9.74. The SMILES string of the molecule is ON=Cc1ccc(OCc2c(-c3c(Cl)cccc3Cl)noc2C2CC2)cc1Cl. The Bertz CT molecular complexity index is 1020. The second-order valence-corrected chi connectivity index (χ2v) is 7.68. The fraction of sp³-hybridized carbons (Fsp3) is 0.200. The first-order chi connectivity index (χ1) is 13.6. The van der Waals surface area contributed by atoms with E-state index in [9.17, 15) is 0 Å². The lowest BCUT2D eigenvalue weighted by molar-refractivity contribution is 0.300. The number of nitrogens with zero attached hydrogens (tertiary/aromatic N) is 2. The zero-order valence-electron chi connectivity index (χ0n) is 14.5. The van der Waals surface area contributed by atoms with Gasteiger partial charge in [0.1, 0.15) is 23.8 Å². The van der Waals surface area contributed by atoms with Crippen LogP contribution >= 0.6 is 34.8 Å². The predicted octanol–water partition coefficient (Wildman–Crippen LogP) is 6.57. The molecule has 2 aromatic carbocycles. The highest BCUT2D eigenvalue weighted by Gasteiger charge is 2.33. The molecule has 4 rings (SSSR count). The van der Waals surface area contributed by atoms with Crippen molar-refractivity contribution in [1.29, 1.82) is 0 Å². The first-order valence-electron chi connectivity index (χ1n) is 8.61. The van der Waals surface area contributed by atoms with Gasteiger partial charge in [-0.2, -0.15) is 0 Å². The van der Waals surface area contributed by atoms with Gasteiger partial charge in [-0.15, -0.1) is 0 Å². The van der Waals surface area contributed by atoms with Gasteiger partial charge in [-0.1, -0.05) is 51.2 Å². The van der Waals surface area contributed by atoms with Crippen molar-refractivity contribution in [2.24, 2.45) is 5.16 Å². The van der Waals surface area contributed by atoms with Gasteiger partial charge in [-0.3, -0.25) is 0 Å². The maximum atomic E-state index is 8.65. The Labute approximate surface area is 176 Å². The van der Waals surface area contributed by atoms with E-state index < -0.39 is 0 Å². The molecule has 1 aliphatic rings. The summed E-state index contributed by atoms with van der Waals surface area (Å²) >= 11 is 18.9. The quantitative estimate of drug-likeness (QED) is 0.269. The van der Waals surface area contributed by atoms with Gasteiger partial charge in [0.25, 0.3) is 0 Å². The van der Waals surface area contributed by atoms with Gasteiger partial charge in [-0.05, 0) is 43.2 Å². The van der Waals surface area contributed by atoms with Crippen molar-refractivity contribution in [3.63, 3.8) is 0 Å². The zero-order valence-corrected chi connectivity index (χ0v) is 16.8. The molecule has 144 valence electrons. The molecular formula is C20H15Cl3N2O3. The molecule has 0 atom stereocenters. The van der Waals surface area contributed by atoms with E-state index in [-0.39, 0.29) is 6.61 Å². The van der Waals surface area contributed by atoms with Crippen LogP contribution in [0.15, 0.2) is 46.1 Å². The second kappa shape index (κ2) is 8.03. The lowest BCUT2D eigenvalue weighted by Gasteiger charge is -2.10. The summed E-state index contributed by atoms with van der Waals surface area (Å²) in [5.74, 6) is 1.72. The van der Waals surface area contributed by atoms with E-state index in [1.54, 1.807) is 36.4 Å². The summed E-state index contributed by atoms with van der Waals surface area (Å²) in [6.07, 6.45) is 3.37. The summed E-state index contributed by atoms with van der Waals surface area (Å²) < 4.78 is 11.6. The number of halogens is 3. The summed E-state index contributed by atoms with van der Waals surface area (Å²) in [4.78, 5) is 0. The third-order valence-electron chi connectivity index (χ3n) is 4.52. The molecule has 3 aromatic rings. The lowest BCUT2D eigenvalue weighted by Crippen LogP contribution is -2.00. The van der Waals surface area contributed by atoms with Gasteiger partial charge < -0.3 is 14.5 Å². The van der Waals surface area contributed by atoms with Gasteiger partial charge in [0, 0.05) is 17.0 Å². The monoisotopic (exact) mass is 436 g/mol. The molecule has 1 aliphatic carbocycles. The second-order valence-electron chi connectivity index (χ2n) is 6.46. The molecule has 1 aromatic heterocycles. The van der Waals surface area contributed by atoms with Crippen LogP contribution in [0.5, 0.6) is 5.75 Å². The highest BCUT2D eigenvalue weighted by Crippen LogP contribution is 2.46. The standard InChI is InChI=1S/C20H15Cl3N2O3/c21-15-2-1-3-16(22)18(15)19-14(20(28-25-19)11-4-5-11)10-27-13-7-6-12(9-24-26)17(23)8-13/h1-3,6-9,11,26H,4-5,10H2. The molecule has 0 saturated heterocycles. The van der Waals surface area contributed by atoms with E-state index >= 15 is 0 Å². The fourth-order valence-corrected chi connectivity index (χ4v) is 3.76. The molecule has 0 aliphatic heterocycles. The lowest BCUT2D eigenvalue weighted by atomic mass is 10.0. The molecule has 0 amide bonds. The Morgan fingerprint density at radius 2 is 1.89 bits per heavy atom. The smallest absolute Gasteiger partial charge is 0.147 e. The molecule has 0 spiro atoms. The van der Waals surface area contributed by atoms with Crippen molar-refractivity contribution in [2.45, 2.75) is 25.4 Å². The van der Waals surface area contributed by atoms with Crippen LogP contribution in [0, 0.1) is 0 Å². The molecule has 1 saturated carbocycles. The van der Waals surface area contributed by atoms with E-state index in [2.05, 4.69) is 10.3 Å². The van der Waals surface area contributed by atoms with Crippen molar-refractivity contribution in [3.05, 3.63) is 68.4 Å². The van der Waals surface area contributed by atoms with Crippen LogP contribution in [0.2, 0.25) is 15.1 Å². The summed E-state index contributed by atoms with van der Waals surface area (Å²) in [5, 5.41) is 17.3. The third-order valence-corrected chi connectivity index (χ3v) is 5.48. The van der Waals surface area contributed by atoms with E-state index in [1.165, 1.54) is 6.21 Å². The molecule has 0 bridgehead atoms. The van der Waals surface area contributed by atoms with Crippen LogP contribution in [-0.4, -0.2) is 16.6 Å². The van der Waals surface area contributed by atoms with Crippen molar-refractivity contribution >= 4 is 41.0 Å². The number of rotatable bonds is 6. The highest BCUT2D eigenvalue weighted by atomic mass is 35.5. The van der Waals surface area contributed by atoms with Crippen LogP contribution in [0.3, 0.4) is 0 Å². The number of hydrogen-bond acceptors (Lipinski definition) is 5. The van der Waals surface area contributed by atoms with Crippen molar-refractivity contribution in [2.75, 3.05) is 0 Å². The Morgan fingerprint density at radius 3 is 2.54 bits per heavy atom. The maximum Gasteiger partial charge on any atom is 0.147 e. The molecule has 1 heterocycles. The summed E-state index contributed by atoms with van der Waals surface area (Å²) in [6, 6.07) is 10.4. The minimum atomic E-state index is 0.232. The van der Waals surface area contributed by atoms with E-state index in [0.717, 1.165) is 24.2 Å². The van der Waals surface area contributed by atoms with Crippen molar-refractivity contribution < 1.29 is 14.5 Å². The van der Waals surface area contributed by atoms with E-state index in [0.29, 0.717) is 43.6 Å². The molecule has 8 heteroatoms. The van der Waals surface area contributed by atoms with E-state index in [1.807, 2.05) is 0 Å². The van der Waals surface area contributed by atoms with Crippen LogP contribution in [0.4, 0.5) is 0 Å². The summed E-state index contributed by atoms with van der Waals surface area (Å²) in [5.41, 5.74) is 2.64. The summed E-state index contributed by atoms with van der Waals surface area (Å²) in [7, 11) is 0. The van der Waals surface area contributed by atoms with Gasteiger partial charge in [-0.25, -0.2) is 0 Å². The molecule has 0 unspecified atom stereocenters. The zero-order chi connectivity index (χ0) is 19.7. The van der Waals surface area contributed by atoms with Gasteiger partial charge in [0.2, 0.25) is 0 Å². The largest absolute Gasteiger partial charge is 0.489 e. The Morgan fingerprint density at radius 1 is 1.14 bits per heavy atom. The number of aromatic nitrogens is 1. The van der Waals surface area contributed by atoms with E-state index in [4.69, 9.17) is 49.3 Å². The van der Waals surface area contributed by atoms with Gasteiger partial charge >= 0.3 is 0 Å². The number of oxime groups is 1. The van der Waals surface area contributed by atoms with Crippen molar-refractivity contribution in [1.82, 2.24) is 5.16 Å². The topological polar surface area (TPSA) is 67.9 Å². The van der Waals surface area contributed by atoms with Crippen molar-refractivity contribution in [3.8, 4) is 17.0 Å². The molecular weight excluding hydrogens is 423 g/mol. The van der Waals surface area contributed by atoms with Crippen LogP contribution < -0.4 is 4.74 Å². The maximum absolute atomic E-state index is 8.65. The minimum absolute atomic E-state index is 0.232. The number of ether oxygens (including phenoxy) is 1. The van der Waals surface area contributed by atoms with Crippen LogP contribution in [0.25, 0.3) is 11.3 Å². The Kier molecular flexibility index (Phi) is 5.49. The highest BCUT2D eigenvalue weighted by molar-refractivity contribution is 6.39. The molecule has 0 radical (unpaired) electrons. The molecule has 1 fully saturated rings. The van der Waals surface area contributed by atoms with Gasteiger partial charge in [0.15, 0.2) is 0 Å². The Hall–Kier alpha value is -2.21. The first kappa shape index (κ1) is 19.1. The van der Waals surface area contributed by atoms with Crippen LogP contribution in [0.1, 0.15) is 35.6 Å². The number of benzene rings is 2. The molecule has 28 heavy (non-hydrogen) atoms. The molecule has 1 N–H and O–H groups in total. The normalized spacial score (nSPS) is 14.0. The number of hydrogen-bond donors (Lipinski definition) is 1. The average Bonchev–Trinajstić information content (AvgIpc) is 3.43. The Balaban J connectivity index is 1.66. The summed E-state index contributed by atoms with van der Waals surface area (Å²) in [6.45, 7) is 0.232. The van der Waals surface area contributed by atoms with Crippen LogP contribution in [-0.2, 0) is 6.61 Å². The predicted molar refractivity (Wildman–Crippen MR) is 109 cm³/mol. The van der Waals surface area contributed by atoms with Gasteiger partial charge in [0.05, 0.1) is 26.8 Å². The average molecular weight is 438 g/mol. The third kappa shape index (κ3) is 3.83. The minimum Gasteiger partial charge on any atom is -0.489 e. The fourth-order valence-electron chi connectivity index (χ4n) is 2.97. The molecule has 5 nitrogen and oxygen atoms in total.